The summed E-state index contributed by atoms with van der Waals surface area (Å²) in [5, 5.41) is 0. The largest absolute Gasteiger partial charge is 2.00 e. The molecule has 80 valence electrons. The summed E-state index contributed by atoms with van der Waals surface area (Å²) in [4.78, 5) is 0. The van der Waals surface area contributed by atoms with Gasteiger partial charge in [0.05, 0.1) is 17.4 Å². The number of hydrogen-bond acceptors (Lipinski definition) is 1. The Balaban J connectivity index is 0. The Labute approximate surface area is 109 Å². The maximum Gasteiger partial charge on any atom is 2.00 e. The molecule has 0 N–H and O–H groups in total. The average molecular weight is 301 g/mol. The van der Waals surface area contributed by atoms with Crippen LogP contribution in [0.1, 0.15) is 0 Å². The van der Waals surface area contributed by atoms with E-state index < -0.39 is 23.7 Å². The Bertz CT molecular complexity index is 296. The van der Waals surface area contributed by atoms with E-state index in [1.165, 1.54) is 0 Å². The van der Waals surface area contributed by atoms with Gasteiger partial charge in [-0.3, -0.25) is 8.78 Å². The van der Waals surface area contributed by atoms with Crippen molar-refractivity contribution in [2.45, 2.75) is 6.36 Å². The standard InChI is InChI=1S/C7H2F5O.BrH.Mg/c8-4-2-1-3-5(9)6(4)13-7(10,11)12;;/h2-3H;1H;/q-1;;+2/p-1. The molecule has 8 heteroatoms. The second-order valence-corrected chi connectivity index (χ2v) is 2.03. The number of rotatable bonds is 1. The molecular weight excluding hydrogens is 299 g/mol. The van der Waals surface area contributed by atoms with Crippen LogP contribution in [0, 0.1) is 17.7 Å². The third-order valence-electron chi connectivity index (χ3n) is 1.07. The zero-order chi connectivity index (χ0) is 10.1. The Kier molecular flexibility index (Phi) is 7.49. The van der Waals surface area contributed by atoms with Gasteiger partial charge in [0.2, 0.25) is 0 Å². The molecule has 0 fully saturated rings. The molecule has 0 radical (unpaired) electrons. The van der Waals surface area contributed by atoms with Crippen LogP contribution < -0.4 is 21.7 Å². The van der Waals surface area contributed by atoms with Crippen LogP contribution >= 0.6 is 0 Å². The summed E-state index contributed by atoms with van der Waals surface area (Å²) in [6.45, 7) is 0. The van der Waals surface area contributed by atoms with E-state index in [2.05, 4.69) is 4.74 Å². The fourth-order valence-corrected chi connectivity index (χ4v) is 0.646. The molecule has 0 amide bonds. The monoisotopic (exact) mass is 300 g/mol. The van der Waals surface area contributed by atoms with Gasteiger partial charge >= 0.3 is 29.4 Å². The molecule has 0 heterocycles. The van der Waals surface area contributed by atoms with Crippen molar-refractivity contribution in [2.75, 3.05) is 0 Å². The molecular formula is C7H2BrF5MgO. The third-order valence-corrected chi connectivity index (χ3v) is 1.07. The molecule has 0 aliphatic rings. The van der Waals surface area contributed by atoms with Crippen LogP contribution in [0.15, 0.2) is 12.1 Å². The fourth-order valence-electron chi connectivity index (χ4n) is 0.646. The maximum atomic E-state index is 12.5. The minimum Gasteiger partial charge on any atom is -1.00 e. The summed E-state index contributed by atoms with van der Waals surface area (Å²) in [5.41, 5.74) is 0. The molecule has 0 aromatic heterocycles. The first-order chi connectivity index (χ1) is 5.90. The molecule has 0 spiro atoms. The van der Waals surface area contributed by atoms with Crippen molar-refractivity contribution in [2.24, 2.45) is 0 Å². The van der Waals surface area contributed by atoms with Gasteiger partial charge in [-0.15, -0.1) is 25.3 Å². The second kappa shape index (κ2) is 6.49. The summed E-state index contributed by atoms with van der Waals surface area (Å²) in [5.74, 6) is -4.36. The van der Waals surface area contributed by atoms with Crippen molar-refractivity contribution in [3.8, 4) is 5.75 Å². The van der Waals surface area contributed by atoms with E-state index in [1.54, 1.807) is 0 Å². The van der Waals surface area contributed by atoms with Crippen molar-refractivity contribution in [1.29, 1.82) is 0 Å². The Morgan fingerprint density at radius 2 is 1.47 bits per heavy atom. The molecule has 0 saturated carbocycles. The van der Waals surface area contributed by atoms with Gasteiger partial charge in [0.25, 0.3) is 0 Å². The van der Waals surface area contributed by atoms with Crippen LogP contribution in [0.4, 0.5) is 22.0 Å². The average Bonchev–Trinajstić information content (AvgIpc) is 1.95. The molecule has 0 aliphatic carbocycles. The molecule has 1 aromatic rings. The van der Waals surface area contributed by atoms with Crippen LogP contribution in [-0.2, 0) is 0 Å². The SMILES string of the molecule is Fc1c[c-]cc(F)c1OC(F)(F)F.[Br-].[Mg+2]. The third kappa shape index (κ3) is 5.52. The van der Waals surface area contributed by atoms with Crippen LogP contribution in [-0.4, -0.2) is 29.4 Å². The quantitative estimate of drug-likeness (QED) is 0.378. The van der Waals surface area contributed by atoms with Gasteiger partial charge in [0.15, 0.2) is 0 Å². The van der Waals surface area contributed by atoms with Crippen molar-refractivity contribution >= 4 is 23.1 Å². The molecule has 0 aliphatic heterocycles. The first-order valence-corrected chi connectivity index (χ1v) is 3.01. The summed E-state index contributed by atoms with van der Waals surface area (Å²) < 4.78 is 62.7. The molecule has 1 aromatic carbocycles. The summed E-state index contributed by atoms with van der Waals surface area (Å²) >= 11 is 0. The second-order valence-electron chi connectivity index (χ2n) is 2.03. The van der Waals surface area contributed by atoms with Gasteiger partial charge in [0, 0.05) is 0 Å². The van der Waals surface area contributed by atoms with E-state index in [0.29, 0.717) is 12.1 Å². The van der Waals surface area contributed by atoms with Crippen molar-refractivity contribution in [1.82, 2.24) is 0 Å². The summed E-state index contributed by atoms with van der Waals surface area (Å²) in [6.07, 6.45) is -5.11. The summed E-state index contributed by atoms with van der Waals surface area (Å²) in [6, 6.07) is 3.05. The van der Waals surface area contributed by atoms with Crippen LogP contribution in [0.2, 0.25) is 0 Å². The van der Waals surface area contributed by atoms with E-state index in [0.717, 1.165) is 0 Å². The Morgan fingerprint density at radius 3 is 1.80 bits per heavy atom. The number of halogens is 6. The van der Waals surface area contributed by atoms with Crippen molar-refractivity contribution in [3.63, 3.8) is 0 Å². The van der Waals surface area contributed by atoms with Gasteiger partial charge in [-0.2, -0.15) is 6.07 Å². The molecule has 0 atom stereocenters. The zero-order valence-corrected chi connectivity index (χ0v) is 10.0. The van der Waals surface area contributed by atoms with Gasteiger partial charge in [-0.1, -0.05) is 0 Å². The number of benzene rings is 1. The molecule has 1 rings (SSSR count). The van der Waals surface area contributed by atoms with Crippen LogP contribution in [0.5, 0.6) is 5.75 Å². The predicted octanol–water partition coefficient (Wildman–Crippen LogP) is -0.713. The van der Waals surface area contributed by atoms with E-state index in [1.807, 2.05) is 6.07 Å². The van der Waals surface area contributed by atoms with E-state index >= 15 is 0 Å². The number of ether oxygens (including phenoxy) is 1. The van der Waals surface area contributed by atoms with E-state index in [-0.39, 0.29) is 40.0 Å². The van der Waals surface area contributed by atoms with Crippen LogP contribution in [0.25, 0.3) is 0 Å². The molecule has 15 heavy (non-hydrogen) atoms. The fraction of sp³-hybridized carbons (Fsp3) is 0.143. The van der Waals surface area contributed by atoms with E-state index in [9.17, 15) is 22.0 Å². The molecule has 0 saturated heterocycles. The molecule has 0 unspecified atom stereocenters. The van der Waals surface area contributed by atoms with Gasteiger partial charge in [-0.05, 0) is 0 Å². The normalized spacial score (nSPS) is 9.93. The van der Waals surface area contributed by atoms with Crippen molar-refractivity contribution in [3.05, 3.63) is 29.8 Å². The van der Waals surface area contributed by atoms with Gasteiger partial charge in [0.1, 0.15) is 0 Å². The van der Waals surface area contributed by atoms with Crippen LogP contribution in [0.3, 0.4) is 0 Å². The number of hydrogen-bond donors (Lipinski definition) is 0. The minimum atomic E-state index is -5.11. The molecule has 0 bridgehead atoms. The van der Waals surface area contributed by atoms with Gasteiger partial charge in [-0.25, -0.2) is 0 Å². The first kappa shape index (κ1) is 17.3. The van der Waals surface area contributed by atoms with Crippen molar-refractivity contribution < 1.29 is 43.7 Å². The number of alkyl halides is 3. The van der Waals surface area contributed by atoms with E-state index in [4.69, 9.17) is 0 Å². The Morgan fingerprint density at radius 1 is 1.07 bits per heavy atom. The minimum absolute atomic E-state index is 0. The predicted molar refractivity (Wildman–Crippen MR) is 37.6 cm³/mol. The Hall–Kier alpha value is -0.0838. The summed E-state index contributed by atoms with van der Waals surface area (Å²) in [7, 11) is 0. The van der Waals surface area contributed by atoms with Gasteiger partial charge < -0.3 is 21.7 Å². The maximum absolute atomic E-state index is 12.5. The first-order valence-electron chi connectivity index (χ1n) is 3.01. The topological polar surface area (TPSA) is 9.23 Å². The smallest absolute Gasteiger partial charge is 1.00 e. The zero-order valence-electron chi connectivity index (χ0n) is 7.04. The molecule has 1 nitrogen and oxygen atoms in total.